The largest absolute Gasteiger partial charge is 0.497 e. The van der Waals surface area contributed by atoms with Crippen molar-refractivity contribution < 1.29 is 23.7 Å². The second-order valence-corrected chi connectivity index (χ2v) is 7.51. The SMILES string of the molecule is COc1ccc(C(=O)NN=Cc2ccc(OCc3ccc(Br)cc3)c(OC)c2)c(OC)c1. The number of nitrogens with one attached hydrogen (secondary N) is 1. The van der Waals surface area contributed by atoms with E-state index in [-0.39, 0.29) is 0 Å². The molecular weight excluding hydrogens is 476 g/mol. The number of methoxy groups -OCH3 is 3. The molecule has 0 bridgehead atoms. The summed E-state index contributed by atoms with van der Waals surface area (Å²) in [7, 11) is 4.60. The molecule has 32 heavy (non-hydrogen) atoms. The van der Waals surface area contributed by atoms with Gasteiger partial charge in [0, 0.05) is 10.5 Å². The average Bonchev–Trinajstić information content (AvgIpc) is 2.83. The highest BCUT2D eigenvalue weighted by Crippen LogP contribution is 2.28. The third-order valence-corrected chi connectivity index (χ3v) is 5.06. The van der Waals surface area contributed by atoms with Crippen molar-refractivity contribution in [2.45, 2.75) is 6.61 Å². The Labute approximate surface area is 195 Å². The summed E-state index contributed by atoms with van der Waals surface area (Å²) in [6, 6.07) is 18.2. The molecule has 0 fully saturated rings. The number of ether oxygens (including phenoxy) is 4. The summed E-state index contributed by atoms with van der Waals surface area (Å²) in [6.45, 7) is 0.414. The second-order valence-electron chi connectivity index (χ2n) is 6.59. The number of halogens is 1. The van der Waals surface area contributed by atoms with E-state index in [0.717, 1.165) is 15.6 Å². The normalized spacial score (nSPS) is 10.6. The molecule has 0 unspecified atom stereocenters. The molecule has 3 aromatic rings. The Morgan fingerprint density at radius 3 is 2.34 bits per heavy atom. The molecule has 0 spiro atoms. The zero-order valence-electron chi connectivity index (χ0n) is 17.9. The van der Waals surface area contributed by atoms with E-state index in [1.54, 1.807) is 44.6 Å². The van der Waals surface area contributed by atoms with E-state index in [0.29, 0.717) is 35.2 Å². The zero-order chi connectivity index (χ0) is 22.9. The van der Waals surface area contributed by atoms with Crippen LogP contribution < -0.4 is 24.4 Å². The molecule has 166 valence electrons. The number of carbonyl (C=O) groups excluding carboxylic acids is 1. The Morgan fingerprint density at radius 2 is 1.66 bits per heavy atom. The molecule has 1 N–H and O–H groups in total. The quantitative estimate of drug-likeness (QED) is 0.338. The smallest absolute Gasteiger partial charge is 0.275 e. The van der Waals surface area contributed by atoms with Crippen molar-refractivity contribution in [1.82, 2.24) is 5.43 Å². The highest BCUT2D eigenvalue weighted by molar-refractivity contribution is 9.10. The van der Waals surface area contributed by atoms with Crippen molar-refractivity contribution in [2.75, 3.05) is 21.3 Å². The van der Waals surface area contributed by atoms with Crippen molar-refractivity contribution >= 4 is 28.1 Å². The third-order valence-electron chi connectivity index (χ3n) is 4.53. The first-order chi connectivity index (χ1) is 15.5. The minimum absolute atomic E-state index is 0.347. The summed E-state index contributed by atoms with van der Waals surface area (Å²) in [5.74, 6) is 1.76. The van der Waals surface area contributed by atoms with E-state index in [1.807, 2.05) is 30.3 Å². The van der Waals surface area contributed by atoms with Gasteiger partial charge in [-0.2, -0.15) is 5.10 Å². The maximum atomic E-state index is 12.4. The van der Waals surface area contributed by atoms with Crippen LogP contribution in [0.1, 0.15) is 21.5 Å². The molecule has 0 heterocycles. The predicted molar refractivity (Wildman–Crippen MR) is 126 cm³/mol. The van der Waals surface area contributed by atoms with Gasteiger partial charge in [-0.25, -0.2) is 5.43 Å². The van der Waals surface area contributed by atoms with Crippen LogP contribution >= 0.6 is 15.9 Å². The summed E-state index contributed by atoms with van der Waals surface area (Å²) in [4.78, 5) is 12.4. The molecule has 0 atom stereocenters. The summed E-state index contributed by atoms with van der Waals surface area (Å²) in [5.41, 5.74) is 4.62. The van der Waals surface area contributed by atoms with Gasteiger partial charge in [0.05, 0.1) is 33.1 Å². The first kappa shape index (κ1) is 23.1. The monoisotopic (exact) mass is 498 g/mol. The minimum atomic E-state index is -0.401. The van der Waals surface area contributed by atoms with E-state index >= 15 is 0 Å². The average molecular weight is 499 g/mol. The minimum Gasteiger partial charge on any atom is -0.497 e. The summed E-state index contributed by atoms with van der Waals surface area (Å²) in [6.07, 6.45) is 1.52. The highest BCUT2D eigenvalue weighted by Gasteiger charge is 2.12. The highest BCUT2D eigenvalue weighted by atomic mass is 79.9. The first-order valence-electron chi connectivity index (χ1n) is 9.64. The number of hydrogen-bond acceptors (Lipinski definition) is 6. The number of hydrazone groups is 1. The van der Waals surface area contributed by atoms with E-state index in [4.69, 9.17) is 18.9 Å². The fourth-order valence-electron chi connectivity index (χ4n) is 2.84. The Balaban J connectivity index is 1.64. The lowest BCUT2D eigenvalue weighted by Crippen LogP contribution is -2.18. The molecule has 0 aliphatic carbocycles. The Kier molecular flexibility index (Phi) is 8.10. The second kappa shape index (κ2) is 11.2. The van der Waals surface area contributed by atoms with Crippen LogP contribution in [0.25, 0.3) is 0 Å². The van der Waals surface area contributed by atoms with Crippen molar-refractivity contribution in [3.05, 3.63) is 81.8 Å². The first-order valence-corrected chi connectivity index (χ1v) is 10.4. The van der Waals surface area contributed by atoms with Crippen LogP contribution in [0.15, 0.2) is 70.2 Å². The topological polar surface area (TPSA) is 78.4 Å². The Bertz CT molecular complexity index is 1100. The molecule has 8 heteroatoms. The van der Waals surface area contributed by atoms with Gasteiger partial charge in [0.2, 0.25) is 0 Å². The van der Waals surface area contributed by atoms with Crippen LogP contribution in [0, 0.1) is 0 Å². The lowest BCUT2D eigenvalue weighted by molar-refractivity contribution is 0.0952. The van der Waals surface area contributed by atoms with Crippen LogP contribution in [-0.2, 0) is 6.61 Å². The molecule has 3 rings (SSSR count). The number of hydrogen-bond donors (Lipinski definition) is 1. The molecular formula is C24H23BrN2O5. The molecule has 0 saturated carbocycles. The van der Waals surface area contributed by atoms with Crippen LogP contribution in [0.4, 0.5) is 0 Å². The molecule has 0 radical (unpaired) electrons. The molecule has 0 aliphatic heterocycles. The number of carbonyl (C=O) groups is 1. The van der Waals surface area contributed by atoms with E-state index in [9.17, 15) is 4.79 Å². The fraction of sp³-hybridized carbons (Fsp3) is 0.167. The van der Waals surface area contributed by atoms with Gasteiger partial charge in [0.15, 0.2) is 11.5 Å². The van der Waals surface area contributed by atoms with E-state index in [2.05, 4.69) is 26.5 Å². The number of amides is 1. The molecule has 7 nitrogen and oxygen atoms in total. The molecule has 0 aliphatic rings. The van der Waals surface area contributed by atoms with Gasteiger partial charge >= 0.3 is 0 Å². The van der Waals surface area contributed by atoms with Crippen molar-refractivity contribution in [3.63, 3.8) is 0 Å². The van der Waals surface area contributed by atoms with Crippen LogP contribution in [0.3, 0.4) is 0 Å². The van der Waals surface area contributed by atoms with Gasteiger partial charge in [0.1, 0.15) is 18.1 Å². The maximum absolute atomic E-state index is 12.4. The summed E-state index contributed by atoms with van der Waals surface area (Å²) in [5, 5.41) is 4.03. The van der Waals surface area contributed by atoms with Crippen molar-refractivity contribution in [2.24, 2.45) is 5.10 Å². The maximum Gasteiger partial charge on any atom is 0.275 e. The van der Waals surface area contributed by atoms with Gasteiger partial charge in [-0.15, -0.1) is 0 Å². The third kappa shape index (κ3) is 6.01. The lowest BCUT2D eigenvalue weighted by atomic mass is 10.2. The molecule has 0 saturated heterocycles. The lowest BCUT2D eigenvalue weighted by Gasteiger charge is -2.11. The molecule has 0 aromatic heterocycles. The Hall–Kier alpha value is -3.52. The van der Waals surface area contributed by atoms with Crippen LogP contribution in [0.2, 0.25) is 0 Å². The van der Waals surface area contributed by atoms with Crippen molar-refractivity contribution in [1.29, 1.82) is 0 Å². The molecule has 3 aromatic carbocycles. The predicted octanol–water partition coefficient (Wildman–Crippen LogP) is 4.82. The fourth-order valence-corrected chi connectivity index (χ4v) is 3.10. The van der Waals surface area contributed by atoms with Gasteiger partial charge in [0.25, 0.3) is 5.91 Å². The number of rotatable bonds is 9. The number of benzene rings is 3. The van der Waals surface area contributed by atoms with Gasteiger partial charge < -0.3 is 18.9 Å². The van der Waals surface area contributed by atoms with E-state index in [1.165, 1.54) is 13.3 Å². The van der Waals surface area contributed by atoms with Gasteiger partial charge in [-0.1, -0.05) is 28.1 Å². The van der Waals surface area contributed by atoms with Gasteiger partial charge in [-0.05, 0) is 53.6 Å². The van der Waals surface area contributed by atoms with Crippen LogP contribution in [0.5, 0.6) is 23.0 Å². The van der Waals surface area contributed by atoms with Crippen LogP contribution in [-0.4, -0.2) is 33.5 Å². The summed E-state index contributed by atoms with van der Waals surface area (Å²) < 4.78 is 22.7. The molecule has 1 amide bonds. The van der Waals surface area contributed by atoms with E-state index < -0.39 is 5.91 Å². The van der Waals surface area contributed by atoms with Gasteiger partial charge in [-0.3, -0.25) is 4.79 Å². The van der Waals surface area contributed by atoms with Crippen molar-refractivity contribution in [3.8, 4) is 23.0 Å². The number of nitrogens with zero attached hydrogens (tertiary/aromatic N) is 1. The standard InChI is InChI=1S/C24H23BrN2O5/c1-29-19-9-10-20(22(13-19)30-2)24(28)27-26-14-17-6-11-21(23(12-17)31-3)32-15-16-4-7-18(25)8-5-16/h4-14H,15H2,1-3H3,(H,27,28). The summed E-state index contributed by atoms with van der Waals surface area (Å²) >= 11 is 3.42. The zero-order valence-corrected chi connectivity index (χ0v) is 19.5. The Morgan fingerprint density at radius 1 is 0.906 bits per heavy atom.